The number of hydrogen-bond donors (Lipinski definition) is 2. The van der Waals surface area contributed by atoms with Crippen LogP contribution in [-0.4, -0.2) is 39.9 Å². The van der Waals surface area contributed by atoms with Gasteiger partial charge in [0, 0.05) is 38.1 Å². The lowest BCUT2D eigenvalue weighted by molar-refractivity contribution is 0.0633. The van der Waals surface area contributed by atoms with Gasteiger partial charge in [0.2, 0.25) is 5.91 Å². The average Bonchev–Trinajstić information content (AvgIpc) is 2.99. The number of ether oxygens (including phenoxy) is 1. The molecule has 3 N–H and O–H groups in total. The van der Waals surface area contributed by atoms with E-state index < -0.39 is 0 Å². The number of fused-ring (bicyclic) bond motifs is 1. The second-order valence-corrected chi connectivity index (χ2v) is 8.91. The second-order valence-electron chi connectivity index (χ2n) is 8.91. The van der Waals surface area contributed by atoms with E-state index in [9.17, 15) is 9.59 Å². The highest BCUT2D eigenvalue weighted by molar-refractivity contribution is 5.92. The molecule has 0 spiro atoms. The van der Waals surface area contributed by atoms with Gasteiger partial charge in [-0.15, -0.1) is 0 Å². The molecular formula is C23H35N3O4. The highest BCUT2D eigenvalue weighted by Gasteiger charge is 2.37. The molecule has 1 aliphatic carbocycles. The number of aromatic nitrogens is 2. The van der Waals surface area contributed by atoms with Crippen molar-refractivity contribution in [2.45, 2.75) is 53.0 Å². The van der Waals surface area contributed by atoms with Gasteiger partial charge in [0.05, 0.1) is 17.6 Å². The minimum Gasteiger partial charge on any atom is -0.493 e. The van der Waals surface area contributed by atoms with Gasteiger partial charge in [0.1, 0.15) is 5.75 Å². The highest BCUT2D eigenvalue weighted by Crippen LogP contribution is 2.39. The number of aliphatic hydroxyl groups is 1. The van der Waals surface area contributed by atoms with Gasteiger partial charge >= 0.3 is 5.69 Å². The van der Waals surface area contributed by atoms with E-state index in [0.717, 1.165) is 19.3 Å². The molecular weight excluding hydrogens is 382 g/mol. The minimum atomic E-state index is -0.325. The first kappa shape index (κ1) is 22.6. The van der Waals surface area contributed by atoms with Gasteiger partial charge in [-0.25, -0.2) is 9.36 Å². The standard InChI is InChI=1S/C23H35N3O4/c1-15(2)18-7-5-16(3)13-19(18)22(28)26-20-8-6-17(30-12-4-11-27)14-21(20)25(10-9-24)23(26)29/h6,8,14-16,18-19,27H,4-5,7,9-13,24H2,1-3H3/t16-,18+,19+/m0/s1. The van der Waals surface area contributed by atoms with Crippen molar-refractivity contribution < 1.29 is 14.6 Å². The van der Waals surface area contributed by atoms with Crippen molar-refractivity contribution in [2.75, 3.05) is 19.8 Å². The van der Waals surface area contributed by atoms with Gasteiger partial charge in [-0.05, 0) is 42.7 Å². The van der Waals surface area contributed by atoms with E-state index >= 15 is 0 Å². The SMILES string of the molecule is CC(C)[C@H]1CC[C@H](C)C[C@H]1C(=O)n1c(=O)n(CCN)c2cc(OCCCO)ccc21. The molecule has 0 radical (unpaired) electrons. The predicted molar refractivity (Wildman–Crippen MR) is 118 cm³/mol. The number of imidazole rings is 1. The molecule has 1 fully saturated rings. The van der Waals surface area contributed by atoms with Crippen molar-refractivity contribution in [3.63, 3.8) is 0 Å². The van der Waals surface area contributed by atoms with E-state index in [2.05, 4.69) is 20.8 Å². The Morgan fingerprint density at radius 3 is 2.73 bits per heavy atom. The number of aliphatic hydroxyl groups excluding tert-OH is 1. The summed E-state index contributed by atoms with van der Waals surface area (Å²) in [5.74, 6) is 1.52. The highest BCUT2D eigenvalue weighted by atomic mass is 16.5. The van der Waals surface area contributed by atoms with E-state index in [1.807, 2.05) is 0 Å². The number of carbonyl (C=O) groups is 1. The summed E-state index contributed by atoms with van der Waals surface area (Å²) in [6.45, 7) is 7.60. The Balaban J connectivity index is 2.05. The molecule has 1 aromatic heterocycles. The lowest BCUT2D eigenvalue weighted by atomic mass is 9.69. The Labute approximate surface area is 177 Å². The van der Waals surface area contributed by atoms with E-state index in [1.54, 1.807) is 22.8 Å². The third-order valence-electron chi connectivity index (χ3n) is 6.38. The summed E-state index contributed by atoms with van der Waals surface area (Å²) in [4.78, 5) is 26.9. The molecule has 3 rings (SSSR count). The lowest BCUT2D eigenvalue weighted by Crippen LogP contribution is -2.40. The third kappa shape index (κ3) is 4.47. The monoisotopic (exact) mass is 417 g/mol. The van der Waals surface area contributed by atoms with Crippen LogP contribution in [0.1, 0.15) is 51.2 Å². The van der Waals surface area contributed by atoms with Crippen molar-refractivity contribution in [1.29, 1.82) is 0 Å². The molecule has 0 bridgehead atoms. The van der Waals surface area contributed by atoms with Gasteiger partial charge in [-0.3, -0.25) is 9.36 Å². The summed E-state index contributed by atoms with van der Waals surface area (Å²) in [5.41, 5.74) is 6.69. The zero-order valence-corrected chi connectivity index (χ0v) is 18.3. The Bertz CT molecular complexity index is 930. The van der Waals surface area contributed by atoms with E-state index in [4.69, 9.17) is 15.6 Å². The fraction of sp³-hybridized carbons (Fsp3) is 0.652. The zero-order valence-electron chi connectivity index (χ0n) is 18.3. The molecule has 7 nitrogen and oxygen atoms in total. The van der Waals surface area contributed by atoms with Crippen molar-refractivity contribution in [3.05, 3.63) is 28.7 Å². The van der Waals surface area contributed by atoms with Crippen LogP contribution in [0.3, 0.4) is 0 Å². The number of benzene rings is 1. The quantitative estimate of drug-likeness (QED) is 0.644. The summed E-state index contributed by atoms with van der Waals surface area (Å²) < 4.78 is 8.61. The molecule has 1 aromatic carbocycles. The normalized spacial score (nSPS) is 22.0. The smallest absolute Gasteiger partial charge is 0.336 e. The summed E-state index contributed by atoms with van der Waals surface area (Å²) in [5, 5.41) is 8.95. The molecule has 1 aliphatic rings. The van der Waals surface area contributed by atoms with Gasteiger partial charge in [-0.2, -0.15) is 0 Å². The molecule has 3 atom stereocenters. The molecule has 1 heterocycles. The number of nitrogens with two attached hydrogens (primary N) is 1. The minimum absolute atomic E-state index is 0.0574. The van der Waals surface area contributed by atoms with Crippen LogP contribution in [0.15, 0.2) is 23.0 Å². The molecule has 0 amide bonds. The summed E-state index contributed by atoms with van der Waals surface area (Å²) in [7, 11) is 0. The van der Waals surface area contributed by atoms with Crippen LogP contribution in [0.5, 0.6) is 5.75 Å². The van der Waals surface area contributed by atoms with Crippen LogP contribution >= 0.6 is 0 Å². The largest absolute Gasteiger partial charge is 0.493 e. The fourth-order valence-electron chi connectivity index (χ4n) is 4.79. The van der Waals surface area contributed by atoms with Crippen LogP contribution in [0.2, 0.25) is 0 Å². The van der Waals surface area contributed by atoms with Crippen molar-refractivity contribution in [2.24, 2.45) is 29.4 Å². The first-order valence-electron chi connectivity index (χ1n) is 11.1. The summed E-state index contributed by atoms with van der Waals surface area (Å²) in [6, 6.07) is 5.35. The fourth-order valence-corrected chi connectivity index (χ4v) is 4.79. The molecule has 0 saturated heterocycles. The van der Waals surface area contributed by atoms with E-state index in [0.29, 0.717) is 54.7 Å². The number of nitrogens with zero attached hydrogens (tertiary/aromatic N) is 2. The maximum atomic E-state index is 13.7. The Morgan fingerprint density at radius 2 is 2.07 bits per heavy atom. The Hall–Kier alpha value is -2.12. The van der Waals surface area contributed by atoms with Crippen LogP contribution in [0, 0.1) is 23.7 Å². The number of hydrogen-bond acceptors (Lipinski definition) is 5. The van der Waals surface area contributed by atoms with Crippen LogP contribution in [0.25, 0.3) is 11.0 Å². The molecule has 166 valence electrons. The average molecular weight is 418 g/mol. The first-order valence-corrected chi connectivity index (χ1v) is 11.1. The molecule has 0 aliphatic heterocycles. The van der Waals surface area contributed by atoms with Gasteiger partial charge in [0.15, 0.2) is 0 Å². The summed E-state index contributed by atoms with van der Waals surface area (Å²) >= 11 is 0. The molecule has 7 heteroatoms. The molecule has 2 aromatic rings. The Kier molecular flexibility index (Phi) is 7.36. The maximum absolute atomic E-state index is 13.7. The van der Waals surface area contributed by atoms with Crippen molar-refractivity contribution in [1.82, 2.24) is 9.13 Å². The number of carbonyl (C=O) groups excluding carboxylic acids is 1. The van der Waals surface area contributed by atoms with Crippen LogP contribution in [0.4, 0.5) is 0 Å². The van der Waals surface area contributed by atoms with Gasteiger partial charge in [0.25, 0.3) is 0 Å². The van der Waals surface area contributed by atoms with E-state index in [-0.39, 0.29) is 30.0 Å². The van der Waals surface area contributed by atoms with Crippen LogP contribution < -0.4 is 16.2 Å². The predicted octanol–water partition coefficient (Wildman–Crippen LogP) is 2.87. The molecule has 1 saturated carbocycles. The Morgan fingerprint density at radius 1 is 1.30 bits per heavy atom. The zero-order chi connectivity index (χ0) is 21.8. The summed E-state index contributed by atoms with van der Waals surface area (Å²) in [6.07, 6.45) is 3.50. The second kappa shape index (κ2) is 9.79. The van der Waals surface area contributed by atoms with Crippen LogP contribution in [-0.2, 0) is 6.54 Å². The lowest BCUT2D eigenvalue weighted by Gasteiger charge is -2.36. The number of rotatable bonds is 8. The third-order valence-corrected chi connectivity index (χ3v) is 6.38. The van der Waals surface area contributed by atoms with Crippen molar-refractivity contribution in [3.8, 4) is 5.75 Å². The van der Waals surface area contributed by atoms with Gasteiger partial charge in [-0.1, -0.05) is 27.2 Å². The van der Waals surface area contributed by atoms with Crippen molar-refractivity contribution >= 4 is 16.9 Å². The maximum Gasteiger partial charge on any atom is 0.336 e. The van der Waals surface area contributed by atoms with Gasteiger partial charge < -0.3 is 15.6 Å². The molecule has 30 heavy (non-hydrogen) atoms. The van der Waals surface area contributed by atoms with E-state index in [1.165, 1.54) is 4.57 Å². The topological polar surface area (TPSA) is 99.5 Å². The first-order chi connectivity index (χ1) is 14.4. The molecule has 0 unspecified atom stereocenters.